The van der Waals surface area contributed by atoms with Crippen molar-refractivity contribution < 1.29 is 19.0 Å². The van der Waals surface area contributed by atoms with Crippen LogP contribution in [0.15, 0.2) is 35.3 Å². The monoisotopic (exact) mass is 434 g/mol. The Kier molecular flexibility index (Phi) is 6.82. The van der Waals surface area contributed by atoms with E-state index in [1.807, 2.05) is 50.6 Å². The summed E-state index contributed by atoms with van der Waals surface area (Å²) in [6, 6.07) is 8.88. The molecule has 1 aromatic heterocycles. The molecule has 0 saturated heterocycles. The Hall–Kier alpha value is -2.51. The number of carbonyl (C=O) groups excluding carboxylic acids is 1. The van der Waals surface area contributed by atoms with Gasteiger partial charge >= 0.3 is 0 Å². The number of ether oxygens (including phenoxy) is 3. The lowest BCUT2D eigenvalue weighted by Crippen LogP contribution is -2.13. The van der Waals surface area contributed by atoms with E-state index in [4.69, 9.17) is 25.8 Å². The molecule has 1 heterocycles. The van der Waals surface area contributed by atoms with Crippen LogP contribution in [0, 0.1) is 0 Å². The molecule has 2 aromatic carbocycles. The lowest BCUT2D eigenvalue weighted by Gasteiger charge is -2.16. The van der Waals surface area contributed by atoms with Crippen LogP contribution < -0.4 is 19.0 Å². The quantitative estimate of drug-likeness (QED) is 0.534. The molecule has 0 unspecified atom stereocenters. The molecule has 1 amide bonds. The number of hydrogen-bond acceptors (Lipinski definition) is 5. The largest absolute Gasteiger partial charge is 0.490 e. The summed E-state index contributed by atoms with van der Waals surface area (Å²) in [7, 11) is 1.87. The van der Waals surface area contributed by atoms with E-state index in [9.17, 15) is 4.79 Å². The minimum atomic E-state index is -0.386. The Labute approximate surface area is 178 Å². The van der Waals surface area contributed by atoms with Gasteiger partial charge in [0.1, 0.15) is 0 Å². The minimum absolute atomic E-state index is 0.371. The number of carbonyl (C=O) groups is 1. The number of amides is 1. The highest BCUT2D eigenvalue weighted by atomic mass is 35.5. The highest BCUT2D eigenvalue weighted by molar-refractivity contribution is 7.16. The lowest BCUT2D eigenvalue weighted by molar-refractivity contribution is 0.0997. The van der Waals surface area contributed by atoms with Crippen LogP contribution in [-0.4, -0.2) is 30.3 Å². The third-order valence-electron chi connectivity index (χ3n) is 4.12. The number of rotatable bonds is 7. The highest BCUT2D eigenvalue weighted by Gasteiger charge is 2.18. The van der Waals surface area contributed by atoms with Crippen LogP contribution in [0.4, 0.5) is 0 Å². The summed E-state index contributed by atoms with van der Waals surface area (Å²) in [6.45, 7) is 6.96. The van der Waals surface area contributed by atoms with E-state index in [0.717, 1.165) is 10.2 Å². The standard InChI is InChI=1S/C21H23ClN2O4S/c1-5-26-16-10-13(11-17(27-6-2)19(16)28-7-3)20(25)23-21-24(4)15-9-8-14(22)12-18(15)29-21/h8-12H,5-7H2,1-4H3. The van der Waals surface area contributed by atoms with Gasteiger partial charge in [0.2, 0.25) is 5.75 Å². The number of benzene rings is 2. The van der Waals surface area contributed by atoms with Crippen molar-refractivity contribution in [3.05, 3.63) is 45.7 Å². The first-order valence-electron chi connectivity index (χ1n) is 9.39. The van der Waals surface area contributed by atoms with Gasteiger partial charge in [-0.3, -0.25) is 4.79 Å². The summed E-state index contributed by atoms with van der Waals surface area (Å²) in [5, 5.41) is 0.645. The topological polar surface area (TPSA) is 62.0 Å². The van der Waals surface area contributed by atoms with Gasteiger partial charge in [-0.15, -0.1) is 0 Å². The maximum atomic E-state index is 12.9. The van der Waals surface area contributed by atoms with Crippen molar-refractivity contribution in [3.8, 4) is 17.2 Å². The van der Waals surface area contributed by atoms with Crippen molar-refractivity contribution in [3.63, 3.8) is 0 Å². The van der Waals surface area contributed by atoms with E-state index in [0.29, 0.717) is 52.5 Å². The molecule has 3 aromatic rings. The van der Waals surface area contributed by atoms with Gasteiger partial charge in [-0.25, -0.2) is 0 Å². The number of aromatic nitrogens is 1. The first kappa shape index (κ1) is 21.2. The van der Waals surface area contributed by atoms with Crippen molar-refractivity contribution in [1.29, 1.82) is 0 Å². The van der Waals surface area contributed by atoms with Crippen LogP contribution in [0.25, 0.3) is 10.2 Å². The smallest absolute Gasteiger partial charge is 0.279 e. The van der Waals surface area contributed by atoms with Crippen molar-refractivity contribution in [2.24, 2.45) is 12.0 Å². The van der Waals surface area contributed by atoms with E-state index in [1.54, 1.807) is 12.1 Å². The molecule has 0 bridgehead atoms. The van der Waals surface area contributed by atoms with E-state index in [2.05, 4.69) is 4.99 Å². The molecule has 0 spiro atoms. The Morgan fingerprint density at radius 3 is 2.24 bits per heavy atom. The molecule has 0 aliphatic rings. The van der Waals surface area contributed by atoms with Gasteiger partial charge in [0.25, 0.3) is 5.91 Å². The van der Waals surface area contributed by atoms with Crippen LogP contribution in [-0.2, 0) is 7.05 Å². The summed E-state index contributed by atoms with van der Waals surface area (Å²) < 4.78 is 19.9. The molecular formula is C21H23ClN2O4S. The van der Waals surface area contributed by atoms with Crippen LogP contribution in [0.5, 0.6) is 17.2 Å². The lowest BCUT2D eigenvalue weighted by atomic mass is 10.1. The second-order valence-electron chi connectivity index (χ2n) is 6.07. The van der Waals surface area contributed by atoms with Crippen LogP contribution >= 0.6 is 22.9 Å². The third-order valence-corrected chi connectivity index (χ3v) is 5.45. The minimum Gasteiger partial charge on any atom is -0.490 e. The molecular weight excluding hydrogens is 412 g/mol. The summed E-state index contributed by atoms with van der Waals surface area (Å²) in [5.74, 6) is 1.04. The predicted molar refractivity (Wildman–Crippen MR) is 116 cm³/mol. The maximum absolute atomic E-state index is 12.9. The molecule has 0 N–H and O–H groups in total. The predicted octanol–water partition coefficient (Wildman–Crippen LogP) is 4.83. The van der Waals surface area contributed by atoms with Gasteiger partial charge in [0, 0.05) is 17.6 Å². The van der Waals surface area contributed by atoms with Crippen LogP contribution in [0.2, 0.25) is 5.02 Å². The van der Waals surface area contributed by atoms with Crippen LogP contribution in [0.3, 0.4) is 0 Å². The summed E-state index contributed by atoms with van der Waals surface area (Å²) >= 11 is 7.48. The molecule has 0 aliphatic carbocycles. The molecule has 0 radical (unpaired) electrons. The maximum Gasteiger partial charge on any atom is 0.279 e. The molecule has 6 nitrogen and oxygen atoms in total. The van der Waals surface area contributed by atoms with Gasteiger partial charge in [-0.05, 0) is 51.1 Å². The zero-order valence-electron chi connectivity index (χ0n) is 16.8. The second kappa shape index (κ2) is 9.33. The van der Waals surface area contributed by atoms with Gasteiger partial charge in [-0.2, -0.15) is 4.99 Å². The zero-order valence-corrected chi connectivity index (χ0v) is 18.4. The van der Waals surface area contributed by atoms with Gasteiger partial charge in [0.15, 0.2) is 16.3 Å². The Bertz CT molecular complexity index is 1080. The van der Waals surface area contributed by atoms with Crippen molar-refractivity contribution in [2.75, 3.05) is 19.8 Å². The molecule has 0 fully saturated rings. The Morgan fingerprint density at radius 1 is 1.03 bits per heavy atom. The number of thiazole rings is 1. The molecule has 29 heavy (non-hydrogen) atoms. The second-order valence-corrected chi connectivity index (χ2v) is 7.52. The van der Waals surface area contributed by atoms with E-state index in [-0.39, 0.29) is 5.91 Å². The van der Waals surface area contributed by atoms with E-state index < -0.39 is 0 Å². The number of hydrogen-bond donors (Lipinski definition) is 0. The van der Waals surface area contributed by atoms with Gasteiger partial charge in [-0.1, -0.05) is 22.9 Å². The molecule has 0 saturated carbocycles. The first-order valence-corrected chi connectivity index (χ1v) is 10.6. The molecule has 3 rings (SSSR count). The van der Waals surface area contributed by atoms with E-state index in [1.165, 1.54) is 11.3 Å². The summed E-state index contributed by atoms with van der Waals surface area (Å²) in [5.41, 5.74) is 1.33. The van der Waals surface area contributed by atoms with Crippen molar-refractivity contribution >= 4 is 39.1 Å². The van der Waals surface area contributed by atoms with Crippen LogP contribution in [0.1, 0.15) is 31.1 Å². The highest BCUT2D eigenvalue weighted by Crippen LogP contribution is 2.39. The Morgan fingerprint density at radius 2 is 1.66 bits per heavy atom. The Balaban J connectivity index is 2.09. The summed E-state index contributed by atoms with van der Waals surface area (Å²) in [6.07, 6.45) is 0. The fourth-order valence-electron chi connectivity index (χ4n) is 2.88. The van der Waals surface area contributed by atoms with Crippen molar-refractivity contribution in [1.82, 2.24) is 4.57 Å². The van der Waals surface area contributed by atoms with Gasteiger partial charge in [0.05, 0.1) is 30.0 Å². The molecule has 0 aliphatic heterocycles. The average Bonchev–Trinajstić information content (AvgIpc) is 2.99. The molecule has 0 atom stereocenters. The number of fused-ring (bicyclic) bond motifs is 1. The third kappa shape index (κ3) is 4.57. The number of nitrogens with zero attached hydrogens (tertiary/aromatic N) is 2. The number of halogens is 1. The fraction of sp³-hybridized carbons (Fsp3) is 0.333. The first-order chi connectivity index (χ1) is 14.0. The zero-order chi connectivity index (χ0) is 21.0. The van der Waals surface area contributed by atoms with E-state index >= 15 is 0 Å². The summed E-state index contributed by atoms with van der Waals surface area (Å²) in [4.78, 5) is 17.8. The fourth-order valence-corrected chi connectivity index (χ4v) is 4.17. The molecule has 154 valence electrons. The van der Waals surface area contributed by atoms with Gasteiger partial charge < -0.3 is 18.8 Å². The normalized spacial score (nSPS) is 11.7. The van der Waals surface area contributed by atoms with Crippen molar-refractivity contribution in [2.45, 2.75) is 20.8 Å². The molecule has 8 heteroatoms. The SMILES string of the molecule is CCOc1cc(C(=O)N=c2sc3cc(Cl)ccc3n2C)cc(OCC)c1OCC. The number of aryl methyl sites for hydroxylation is 1. The average molecular weight is 435 g/mol.